The molecule has 158 valence electrons. The molecule has 0 aromatic heterocycles. The molecular formula is C19H32FN5O2S. The van der Waals surface area contributed by atoms with Gasteiger partial charge < -0.3 is 15.5 Å². The minimum atomic E-state index is -2.95. The third kappa shape index (κ3) is 8.02. The lowest BCUT2D eigenvalue weighted by Gasteiger charge is -2.36. The number of hydrogen-bond acceptors (Lipinski definition) is 5. The topological polar surface area (TPSA) is 77.0 Å². The van der Waals surface area contributed by atoms with Crippen LogP contribution in [0, 0.1) is 5.82 Å². The number of nitrogens with one attached hydrogen (secondary N) is 2. The number of benzene rings is 1. The summed E-state index contributed by atoms with van der Waals surface area (Å²) < 4.78 is 35.6. The molecule has 1 heterocycles. The van der Waals surface area contributed by atoms with Crippen LogP contribution in [-0.2, 0) is 9.84 Å². The maximum atomic E-state index is 13.0. The van der Waals surface area contributed by atoms with Crippen LogP contribution in [0.4, 0.5) is 10.1 Å². The van der Waals surface area contributed by atoms with E-state index in [0.29, 0.717) is 12.4 Å². The van der Waals surface area contributed by atoms with Crippen LogP contribution < -0.4 is 15.5 Å². The molecule has 1 aromatic rings. The molecule has 2 N–H and O–H groups in total. The predicted molar refractivity (Wildman–Crippen MR) is 113 cm³/mol. The van der Waals surface area contributed by atoms with Crippen molar-refractivity contribution < 1.29 is 12.8 Å². The molecule has 0 aliphatic carbocycles. The summed E-state index contributed by atoms with van der Waals surface area (Å²) in [5, 5.41) is 6.51. The first-order chi connectivity index (χ1) is 13.3. The number of aliphatic imine (C=N–C) groups is 1. The smallest absolute Gasteiger partial charge is 0.191 e. The fraction of sp³-hybridized carbons (Fsp3) is 0.632. The van der Waals surface area contributed by atoms with Crippen molar-refractivity contribution in [2.45, 2.75) is 19.4 Å². The lowest BCUT2D eigenvalue weighted by molar-refractivity contribution is 0.261. The van der Waals surface area contributed by atoms with Gasteiger partial charge in [0.15, 0.2) is 5.96 Å². The van der Waals surface area contributed by atoms with Gasteiger partial charge in [0.2, 0.25) is 0 Å². The molecule has 7 nitrogen and oxygen atoms in total. The highest BCUT2D eigenvalue weighted by Crippen LogP contribution is 2.16. The molecule has 0 amide bonds. The Morgan fingerprint density at radius 3 is 2.43 bits per heavy atom. The first-order valence-corrected chi connectivity index (χ1v) is 11.7. The molecule has 0 spiro atoms. The lowest BCUT2D eigenvalue weighted by Crippen LogP contribution is -2.50. The van der Waals surface area contributed by atoms with Gasteiger partial charge >= 0.3 is 0 Å². The van der Waals surface area contributed by atoms with E-state index in [2.05, 4.69) is 25.4 Å². The van der Waals surface area contributed by atoms with Gasteiger partial charge in [0.1, 0.15) is 15.7 Å². The fourth-order valence-electron chi connectivity index (χ4n) is 3.11. The van der Waals surface area contributed by atoms with E-state index < -0.39 is 9.84 Å². The van der Waals surface area contributed by atoms with Crippen molar-refractivity contribution in [3.05, 3.63) is 30.1 Å². The van der Waals surface area contributed by atoms with Crippen molar-refractivity contribution in [2.75, 3.05) is 63.2 Å². The van der Waals surface area contributed by atoms with Gasteiger partial charge in [-0.25, -0.2) is 12.8 Å². The highest BCUT2D eigenvalue weighted by molar-refractivity contribution is 7.90. The summed E-state index contributed by atoms with van der Waals surface area (Å²) >= 11 is 0. The molecule has 28 heavy (non-hydrogen) atoms. The van der Waals surface area contributed by atoms with Crippen molar-refractivity contribution in [2.24, 2.45) is 4.99 Å². The number of nitrogens with zero attached hydrogens (tertiary/aromatic N) is 3. The van der Waals surface area contributed by atoms with Crippen molar-refractivity contribution in [3.63, 3.8) is 0 Å². The first-order valence-electron chi connectivity index (χ1n) is 9.64. The second kappa shape index (κ2) is 10.6. The monoisotopic (exact) mass is 413 g/mol. The zero-order chi connectivity index (χ0) is 20.6. The molecule has 0 saturated carbocycles. The standard InChI is InChI=1S/C19H32FN5O2S/c1-16(8-15-28(3,26)27)23-19(21-2)22-9-10-24-11-13-25(14-12-24)18-6-4-17(20)5-7-18/h4-7,16H,8-15H2,1-3H3,(H2,21,22,23). The molecule has 2 rings (SSSR count). The van der Waals surface area contributed by atoms with E-state index in [0.717, 1.165) is 45.0 Å². The third-order valence-corrected chi connectivity index (χ3v) is 5.79. The van der Waals surface area contributed by atoms with Crippen LogP contribution >= 0.6 is 0 Å². The maximum Gasteiger partial charge on any atom is 0.191 e. The number of halogens is 1. The molecule has 1 unspecified atom stereocenters. The van der Waals surface area contributed by atoms with Gasteiger partial charge in [-0.05, 0) is 37.6 Å². The second-order valence-corrected chi connectivity index (χ2v) is 9.53. The highest BCUT2D eigenvalue weighted by atomic mass is 32.2. The molecule has 1 aromatic carbocycles. The molecule has 1 aliphatic heterocycles. The van der Waals surface area contributed by atoms with E-state index in [4.69, 9.17) is 0 Å². The molecule has 0 radical (unpaired) electrons. The number of rotatable bonds is 8. The molecule has 1 fully saturated rings. The van der Waals surface area contributed by atoms with E-state index in [-0.39, 0.29) is 17.6 Å². The first kappa shape index (κ1) is 22.4. The Hall–Kier alpha value is -1.87. The third-order valence-electron chi connectivity index (χ3n) is 4.81. The molecule has 1 aliphatic rings. The minimum absolute atomic E-state index is 0.0279. The molecule has 0 bridgehead atoms. The summed E-state index contributed by atoms with van der Waals surface area (Å²) in [6.07, 6.45) is 1.80. The summed E-state index contributed by atoms with van der Waals surface area (Å²) in [7, 11) is -1.24. The Bertz CT molecular complexity index is 731. The van der Waals surface area contributed by atoms with Gasteiger partial charge in [-0.1, -0.05) is 0 Å². The molecule has 9 heteroatoms. The fourth-order valence-corrected chi connectivity index (χ4v) is 3.89. The average molecular weight is 414 g/mol. The number of hydrogen-bond donors (Lipinski definition) is 2. The van der Waals surface area contributed by atoms with Crippen LogP contribution in [0.5, 0.6) is 0 Å². The van der Waals surface area contributed by atoms with Crippen LogP contribution in [-0.4, -0.2) is 83.6 Å². The molecule has 1 saturated heterocycles. The van der Waals surface area contributed by atoms with Crippen LogP contribution in [0.15, 0.2) is 29.3 Å². The maximum absolute atomic E-state index is 13.0. The van der Waals surface area contributed by atoms with E-state index >= 15 is 0 Å². The van der Waals surface area contributed by atoms with Crippen LogP contribution in [0.2, 0.25) is 0 Å². The van der Waals surface area contributed by atoms with Crippen molar-refractivity contribution in [1.29, 1.82) is 0 Å². The number of sulfone groups is 1. The zero-order valence-corrected chi connectivity index (χ0v) is 17.8. The Kier molecular flexibility index (Phi) is 8.50. The molecule has 1 atom stereocenters. The molecular weight excluding hydrogens is 381 g/mol. The summed E-state index contributed by atoms with van der Waals surface area (Å²) in [6.45, 7) is 7.35. The number of guanidine groups is 1. The van der Waals surface area contributed by atoms with Crippen molar-refractivity contribution in [1.82, 2.24) is 15.5 Å². The van der Waals surface area contributed by atoms with Crippen molar-refractivity contribution >= 4 is 21.5 Å². The largest absolute Gasteiger partial charge is 0.369 e. The minimum Gasteiger partial charge on any atom is -0.369 e. The van der Waals surface area contributed by atoms with Gasteiger partial charge in [-0.2, -0.15) is 0 Å². The summed E-state index contributed by atoms with van der Waals surface area (Å²) in [6, 6.07) is 6.68. The summed E-state index contributed by atoms with van der Waals surface area (Å²) in [5.74, 6) is 0.642. The van der Waals surface area contributed by atoms with Crippen molar-refractivity contribution in [3.8, 4) is 0 Å². The van der Waals surface area contributed by atoms with Gasteiger partial charge in [0, 0.05) is 64.3 Å². The number of anilines is 1. The van der Waals surface area contributed by atoms with Crippen LogP contribution in [0.25, 0.3) is 0 Å². The van der Waals surface area contributed by atoms with Gasteiger partial charge in [-0.15, -0.1) is 0 Å². The second-order valence-electron chi connectivity index (χ2n) is 7.27. The highest BCUT2D eigenvalue weighted by Gasteiger charge is 2.17. The Morgan fingerprint density at radius 2 is 1.86 bits per heavy atom. The summed E-state index contributed by atoms with van der Waals surface area (Å²) in [4.78, 5) is 8.86. The Balaban J connectivity index is 1.66. The van der Waals surface area contributed by atoms with E-state index in [9.17, 15) is 12.8 Å². The Labute approximate surface area is 167 Å². The van der Waals surface area contributed by atoms with E-state index in [1.165, 1.54) is 18.4 Å². The summed E-state index contributed by atoms with van der Waals surface area (Å²) in [5.41, 5.74) is 1.06. The lowest BCUT2D eigenvalue weighted by atomic mass is 10.2. The SMILES string of the molecule is CN=C(NCCN1CCN(c2ccc(F)cc2)CC1)NC(C)CCS(C)(=O)=O. The average Bonchev–Trinajstić information content (AvgIpc) is 2.66. The van der Waals surface area contributed by atoms with Gasteiger partial charge in [-0.3, -0.25) is 9.89 Å². The van der Waals surface area contributed by atoms with Gasteiger partial charge in [0.25, 0.3) is 0 Å². The Morgan fingerprint density at radius 1 is 1.21 bits per heavy atom. The zero-order valence-electron chi connectivity index (χ0n) is 17.0. The number of piperazine rings is 1. The quantitative estimate of drug-likeness (QED) is 0.488. The van der Waals surface area contributed by atoms with Gasteiger partial charge in [0.05, 0.1) is 5.75 Å². The van der Waals surface area contributed by atoms with E-state index in [1.54, 1.807) is 7.05 Å². The van der Waals surface area contributed by atoms with E-state index in [1.807, 2.05) is 19.1 Å². The normalized spacial score (nSPS) is 17.4. The van der Waals surface area contributed by atoms with Crippen LogP contribution in [0.3, 0.4) is 0 Å². The van der Waals surface area contributed by atoms with Crippen LogP contribution in [0.1, 0.15) is 13.3 Å². The predicted octanol–water partition coefficient (Wildman–Crippen LogP) is 0.936.